The number of nitrogens with zero attached hydrogens (tertiary/aromatic N) is 1. The van der Waals surface area contributed by atoms with E-state index in [2.05, 4.69) is 6.92 Å². The Morgan fingerprint density at radius 1 is 0.973 bits per heavy atom. The molecule has 0 radical (unpaired) electrons. The summed E-state index contributed by atoms with van der Waals surface area (Å²) in [7, 11) is 1.37. The van der Waals surface area contributed by atoms with Crippen molar-refractivity contribution in [3.8, 4) is 5.75 Å². The molecule has 0 aliphatic heterocycles. The Balaban J connectivity index is 1.87. The van der Waals surface area contributed by atoms with Gasteiger partial charge in [0, 0.05) is 10.6 Å². The summed E-state index contributed by atoms with van der Waals surface area (Å²) in [5, 5.41) is 8.98. The Morgan fingerprint density at radius 3 is 2.35 bits per heavy atom. The molecule has 202 valence electrons. The number of carboxylic acid groups (broad SMARTS) is 1. The molecular formula is C30H41NO5S. The summed E-state index contributed by atoms with van der Waals surface area (Å²) in [4.78, 5) is 28.4. The van der Waals surface area contributed by atoms with E-state index in [4.69, 9.17) is 19.6 Å². The van der Waals surface area contributed by atoms with Crippen LogP contribution in [0.4, 0.5) is 0 Å². The third-order valence-electron chi connectivity index (χ3n) is 5.91. The lowest BCUT2D eigenvalue weighted by molar-refractivity contribution is -0.135. The van der Waals surface area contributed by atoms with Gasteiger partial charge in [-0.2, -0.15) is 0 Å². The Hall–Kier alpha value is -2.80. The first-order valence-corrected chi connectivity index (χ1v) is 14.3. The fraction of sp³-hybridized carbons (Fsp3) is 0.500. The maximum absolute atomic E-state index is 11.8. The number of benzene rings is 1. The highest BCUT2D eigenvalue weighted by Crippen LogP contribution is 2.26. The number of aromatic nitrogens is 1. The fourth-order valence-corrected chi connectivity index (χ4v) is 4.72. The van der Waals surface area contributed by atoms with Crippen LogP contribution < -0.4 is 4.74 Å². The molecule has 0 saturated heterocycles. The maximum atomic E-state index is 11.8. The predicted molar refractivity (Wildman–Crippen MR) is 150 cm³/mol. The second-order valence-corrected chi connectivity index (χ2v) is 10.1. The van der Waals surface area contributed by atoms with Crippen LogP contribution in [0.2, 0.25) is 0 Å². The minimum atomic E-state index is -0.888. The first-order chi connectivity index (χ1) is 18.0. The van der Waals surface area contributed by atoms with E-state index in [0.717, 1.165) is 23.4 Å². The highest BCUT2D eigenvalue weighted by Gasteiger charge is 2.09. The van der Waals surface area contributed by atoms with Crippen LogP contribution in [0.5, 0.6) is 5.75 Å². The Kier molecular flexibility index (Phi) is 15.2. The normalized spacial score (nSPS) is 11.1. The number of unbranched alkanes of at least 4 members (excludes halogenated alkanes) is 9. The fourth-order valence-electron chi connectivity index (χ4n) is 3.86. The molecule has 0 atom stereocenters. The van der Waals surface area contributed by atoms with Gasteiger partial charge in [0.2, 0.25) is 0 Å². The summed E-state index contributed by atoms with van der Waals surface area (Å²) >= 11 is 1.57. The van der Waals surface area contributed by atoms with Gasteiger partial charge in [0.05, 0.1) is 31.4 Å². The van der Waals surface area contributed by atoms with Gasteiger partial charge in [-0.05, 0) is 42.8 Å². The van der Waals surface area contributed by atoms with Gasteiger partial charge in [-0.1, -0.05) is 76.9 Å². The first kappa shape index (κ1) is 30.4. The zero-order chi connectivity index (χ0) is 26.7. The molecular weight excluding hydrogens is 486 g/mol. The molecule has 1 N–H and O–H groups in total. The zero-order valence-electron chi connectivity index (χ0n) is 22.2. The summed E-state index contributed by atoms with van der Waals surface area (Å²) < 4.78 is 10.8. The molecule has 0 unspecified atom stereocenters. The highest BCUT2D eigenvalue weighted by molar-refractivity contribution is 7.98. The van der Waals surface area contributed by atoms with E-state index in [1.54, 1.807) is 36.0 Å². The number of esters is 1. The monoisotopic (exact) mass is 527 g/mol. The topological polar surface area (TPSA) is 85.7 Å². The number of carboxylic acids is 1. The summed E-state index contributed by atoms with van der Waals surface area (Å²) in [6.45, 7) is 2.86. The minimum absolute atomic E-state index is 0.0706. The number of carbonyl (C=O) groups is 2. The molecule has 0 spiro atoms. The van der Waals surface area contributed by atoms with Crippen molar-refractivity contribution in [2.75, 3.05) is 13.7 Å². The molecule has 1 aromatic heterocycles. The molecule has 0 aliphatic rings. The van der Waals surface area contributed by atoms with Gasteiger partial charge in [-0.25, -0.2) is 9.78 Å². The van der Waals surface area contributed by atoms with Crippen molar-refractivity contribution in [2.45, 2.75) is 88.2 Å². The quantitative estimate of drug-likeness (QED) is 0.113. The second-order valence-electron chi connectivity index (χ2n) is 9.02. The van der Waals surface area contributed by atoms with Crippen molar-refractivity contribution in [3.05, 3.63) is 59.4 Å². The number of pyridine rings is 1. The van der Waals surface area contributed by atoms with E-state index in [9.17, 15) is 9.59 Å². The highest BCUT2D eigenvalue weighted by atomic mass is 32.2. The number of methoxy groups -OCH3 is 1. The van der Waals surface area contributed by atoms with Gasteiger partial charge in [0.1, 0.15) is 11.4 Å². The number of thioether (sulfide) groups is 1. The Morgan fingerprint density at radius 2 is 1.68 bits per heavy atom. The van der Waals surface area contributed by atoms with E-state index < -0.39 is 5.97 Å². The summed E-state index contributed by atoms with van der Waals surface area (Å²) in [6, 6.07) is 11.1. The molecule has 6 nitrogen and oxygen atoms in total. The molecule has 0 aliphatic carbocycles. The number of hydrogen-bond acceptors (Lipinski definition) is 6. The Bertz CT molecular complexity index is 992. The maximum Gasteiger partial charge on any atom is 0.337 e. The molecule has 0 amide bonds. The molecule has 0 fully saturated rings. The third-order valence-corrected chi connectivity index (χ3v) is 6.94. The van der Waals surface area contributed by atoms with E-state index in [1.165, 1.54) is 58.5 Å². The molecule has 37 heavy (non-hydrogen) atoms. The third kappa shape index (κ3) is 12.8. The zero-order valence-corrected chi connectivity index (χ0v) is 23.1. The number of rotatable bonds is 19. The van der Waals surface area contributed by atoms with Crippen LogP contribution in [0, 0.1) is 0 Å². The number of ether oxygens (including phenoxy) is 2. The lowest BCUT2D eigenvalue weighted by Crippen LogP contribution is -2.02. The molecule has 1 aromatic carbocycles. The lowest BCUT2D eigenvalue weighted by atomic mass is 10.1. The van der Waals surface area contributed by atoms with Crippen LogP contribution in [0.25, 0.3) is 6.08 Å². The van der Waals surface area contributed by atoms with E-state index in [0.29, 0.717) is 29.4 Å². The summed E-state index contributed by atoms with van der Waals surface area (Å²) in [5.74, 6) is 0.0129. The van der Waals surface area contributed by atoms with Crippen LogP contribution in [0.1, 0.15) is 99.3 Å². The van der Waals surface area contributed by atoms with Crippen molar-refractivity contribution in [1.29, 1.82) is 0 Å². The summed E-state index contributed by atoms with van der Waals surface area (Å²) in [6.07, 6.45) is 15.9. The summed E-state index contributed by atoms with van der Waals surface area (Å²) in [5.41, 5.74) is 1.98. The second kappa shape index (κ2) is 18.4. The van der Waals surface area contributed by atoms with E-state index >= 15 is 0 Å². The average molecular weight is 528 g/mol. The van der Waals surface area contributed by atoms with Gasteiger partial charge >= 0.3 is 11.9 Å². The van der Waals surface area contributed by atoms with Crippen LogP contribution in [0.15, 0.2) is 47.4 Å². The standard InChI is InChI=1S/C30H41NO5S/c1-3-4-5-6-7-8-9-10-11-12-21-36-28-20-19-25(31-27(28)17-14-18-29(32)33)23-37-26-16-13-15-24(22-26)30(34)35-2/h13-17,19-20,22H,3-12,18,21,23H2,1-2H3,(H,32,33). The van der Waals surface area contributed by atoms with E-state index in [1.807, 2.05) is 24.3 Å². The minimum Gasteiger partial charge on any atom is -0.491 e. The lowest BCUT2D eigenvalue weighted by Gasteiger charge is -2.11. The van der Waals surface area contributed by atoms with Crippen LogP contribution in [0.3, 0.4) is 0 Å². The first-order valence-electron chi connectivity index (χ1n) is 13.4. The smallest absolute Gasteiger partial charge is 0.337 e. The van der Waals surface area contributed by atoms with Gasteiger partial charge < -0.3 is 14.6 Å². The number of hydrogen-bond donors (Lipinski definition) is 1. The van der Waals surface area contributed by atoms with Crippen LogP contribution in [-0.4, -0.2) is 35.7 Å². The number of aliphatic carboxylic acids is 1. The Labute approximate surface area is 225 Å². The molecule has 2 aromatic rings. The van der Waals surface area contributed by atoms with Crippen LogP contribution in [-0.2, 0) is 15.3 Å². The van der Waals surface area contributed by atoms with E-state index in [-0.39, 0.29) is 12.4 Å². The van der Waals surface area contributed by atoms with Crippen molar-refractivity contribution in [1.82, 2.24) is 4.98 Å². The molecule has 0 saturated carbocycles. The van der Waals surface area contributed by atoms with Gasteiger partial charge in [-0.15, -0.1) is 11.8 Å². The molecule has 1 heterocycles. The van der Waals surface area contributed by atoms with Gasteiger partial charge in [0.15, 0.2) is 0 Å². The SMILES string of the molecule is CCCCCCCCCCCCOc1ccc(CSc2cccc(C(=O)OC)c2)nc1C=CCC(=O)O. The van der Waals surface area contributed by atoms with Crippen LogP contribution >= 0.6 is 11.8 Å². The van der Waals surface area contributed by atoms with Crippen molar-refractivity contribution < 1.29 is 24.2 Å². The molecule has 7 heteroatoms. The van der Waals surface area contributed by atoms with Crippen molar-refractivity contribution in [3.63, 3.8) is 0 Å². The number of carbonyl (C=O) groups excluding carboxylic acids is 1. The molecule has 2 rings (SSSR count). The predicted octanol–water partition coefficient (Wildman–Crippen LogP) is 7.95. The average Bonchev–Trinajstić information content (AvgIpc) is 2.90. The largest absolute Gasteiger partial charge is 0.491 e. The van der Waals surface area contributed by atoms with Crippen molar-refractivity contribution in [2.24, 2.45) is 0 Å². The van der Waals surface area contributed by atoms with Gasteiger partial charge in [-0.3, -0.25) is 4.79 Å². The molecule has 0 bridgehead atoms. The van der Waals surface area contributed by atoms with Gasteiger partial charge in [0.25, 0.3) is 0 Å². The van der Waals surface area contributed by atoms with Crippen molar-refractivity contribution >= 4 is 29.8 Å².